The Kier molecular flexibility index (Phi) is 8.68. The van der Waals surface area contributed by atoms with E-state index in [2.05, 4.69) is 15.9 Å². The van der Waals surface area contributed by atoms with Crippen molar-refractivity contribution in [1.82, 2.24) is 4.90 Å². The first-order valence-electron chi connectivity index (χ1n) is 10.8. The van der Waals surface area contributed by atoms with Gasteiger partial charge in [0.1, 0.15) is 17.5 Å². The molecule has 0 fully saturated rings. The lowest BCUT2D eigenvalue weighted by Gasteiger charge is -2.25. The van der Waals surface area contributed by atoms with Crippen LogP contribution >= 0.6 is 15.9 Å². The Bertz CT molecular complexity index is 1280. The third kappa shape index (κ3) is 5.67. The quantitative estimate of drug-likeness (QED) is 0.396. The average molecular weight is 557 g/mol. The van der Waals surface area contributed by atoms with Crippen molar-refractivity contribution in [3.63, 3.8) is 0 Å². The van der Waals surface area contributed by atoms with Gasteiger partial charge in [-0.05, 0) is 29.8 Å². The summed E-state index contributed by atoms with van der Waals surface area (Å²) in [6.45, 7) is 0.260. The molecule has 1 amide bonds. The van der Waals surface area contributed by atoms with E-state index in [0.29, 0.717) is 28.2 Å². The number of aliphatic carboxylic acids is 2. The Balaban J connectivity index is 0.000000236. The van der Waals surface area contributed by atoms with Crippen LogP contribution in [0.5, 0.6) is 11.5 Å². The first kappa shape index (κ1) is 26.7. The van der Waals surface area contributed by atoms with E-state index in [4.69, 9.17) is 20.3 Å². The molecule has 36 heavy (non-hydrogen) atoms. The van der Waals surface area contributed by atoms with Crippen molar-refractivity contribution in [3.8, 4) is 11.5 Å². The number of nitrogens with zero attached hydrogens (tertiary/aromatic N) is 1. The number of rotatable bonds is 7. The lowest BCUT2D eigenvalue weighted by atomic mass is 10.0. The number of ether oxygens (including phenoxy) is 2. The smallest absolute Gasteiger partial charge is 0.331 e. The summed E-state index contributed by atoms with van der Waals surface area (Å²) >= 11 is 3.34. The first-order valence-corrected chi connectivity index (χ1v) is 11.5. The second-order valence-corrected chi connectivity index (χ2v) is 8.69. The van der Waals surface area contributed by atoms with Crippen LogP contribution in [0.15, 0.2) is 71.2 Å². The molecule has 4 rings (SSSR count). The summed E-state index contributed by atoms with van der Waals surface area (Å²) in [6, 6.07) is 16.9. The maximum atomic E-state index is 12.7. The Hall–Kier alpha value is -3.89. The van der Waals surface area contributed by atoms with Crippen LogP contribution in [0.4, 0.5) is 0 Å². The van der Waals surface area contributed by atoms with Crippen LogP contribution in [0.25, 0.3) is 0 Å². The number of para-hydroxylation sites is 2. The predicted octanol–water partition coefficient (Wildman–Crippen LogP) is 4.02. The van der Waals surface area contributed by atoms with E-state index in [1.807, 2.05) is 12.1 Å². The van der Waals surface area contributed by atoms with Crippen molar-refractivity contribution in [2.24, 2.45) is 5.73 Å². The molecular formula is C26H25BrN2O7. The van der Waals surface area contributed by atoms with Crippen molar-refractivity contribution in [2.45, 2.75) is 18.6 Å². The molecule has 3 aromatic carbocycles. The number of carbonyl (C=O) groups is 3. The van der Waals surface area contributed by atoms with Crippen molar-refractivity contribution in [3.05, 3.63) is 93.5 Å². The second-order valence-electron chi connectivity index (χ2n) is 7.78. The number of hydrogen-bond donors (Lipinski definition) is 3. The van der Waals surface area contributed by atoms with Crippen LogP contribution < -0.4 is 15.2 Å². The topological polar surface area (TPSA) is 139 Å². The third-order valence-electron chi connectivity index (χ3n) is 5.62. The average Bonchev–Trinajstić information content (AvgIpc) is 3.19. The number of amides is 1. The Morgan fingerprint density at radius 2 is 1.47 bits per heavy atom. The maximum absolute atomic E-state index is 12.7. The molecule has 4 N–H and O–H groups in total. The van der Waals surface area contributed by atoms with Crippen LogP contribution in [-0.4, -0.2) is 47.2 Å². The normalized spacial score (nSPS) is 13.7. The molecule has 0 spiro atoms. The molecule has 2 unspecified atom stereocenters. The highest BCUT2D eigenvalue weighted by Crippen LogP contribution is 2.36. The van der Waals surface area contributed by atoms with Gasteiger partial charge in [0.25, 0.3) is 5.91 Å². The van der Waals surface area contributed by atoms with Gasteiger partial charge < -0.3 is 30.3 Å². The predicted molar refractivity (Wildman–Crippen MR) is 135 cm³/mol. The van der Waals surface area contributed by atoms with Gasteiger partial charge in [-0.3, -0.25) is 9.59 Å². The fraction of sp³-hybridized carbons (Fsp3) is 0.192. The molecule has 10 heteroatoms. The molecule has 0 aliphatic carbocycles. The van der Waals surface area contributed by atoms with Gasteiger partial charge in [-0.2, -0.15) is 0 Å². The van der Waals surface area contributed by atoms with E-state index in [1.54, 1.807) is 54.6 Å². The summed E-state index contributed by atoms with van der Waals surface area (Å²) in [5.74, 6) is -1.50. The van der Waals surface area contributed by atoms with E-state index in [9.17, 15) is 19.5 Å². The molecule has 3 aromatic rings. The molecule has 1 aliphatic heterocycles. The van der Waals surface area contributed by atoms with Crippen molar-refractivity contribution < 1.29 is 34.1 Å². The fourth-order valence-corrected chi connectivity index (χ4v) is 4.25. The number of fused-ring (bicyclic) bond motifs is 1. The molecular weight excluding hydrogens is 532 g/mol. The van der Waals surface area contributed by atoms with Gasteiger partial charge in [0.2, 0.25) is 0 Å². The molecule has 0 bridgehead atoms. The van der Waals surface area contributed by atoms with Crippen LogP contribution in [0.1, 0.15) is 39.1 Å². The number of methoxy groups -OCH3 is 2. The molecule has 0 aromatic heterocycles. The highest BCUT2D eigenvalue weighted by molar-refractivity contribution is 9.10. The highest BCUT2D eigenvalue weighted by Gasteiger charge is 2.38. The minimum absolute atomic E-state index is 0.260. The summed E-state index contributed by atoms with van der Waals surface area (Å²) < 4.78 is 11.0. The number of carbonyl (C=O) groups excluding carboxylic acids is 1. The van der Waals surface area contributed by atoms with Gasteiger partial charge in [-0.25, -0.2) is 4.79 Å². The van der Waals surface area contributed by atoms with Crippen molar-refractivity contribution in [2.75, 3.05) is 14.2 Å². The number of halogens is 1. The molecule has 9 nitrogen and oxygen atoms in total. The summed E-state index contributed by atoms with van der Waals surface area (Å²) in [5, 5.41) is 18.4. The molecule has 0 saturated carbocycles. The van der Waals surface area contributed by atoms with Crippen LogP contribution in [-0.2, 0) is 16.1 Å². The van der Waals surface area contributed by atoms with Gasteiger partial charge in [0, 0.05) is 27.7 Å². The number of benzene rings is 3. The molecule has 1 heterocycles. The monoisotopic (exact) mass is 556 g/mol. The highest BCUT2D eigenvalue weighted by atomic mass is 79.9. The summed E-state index contributed by atoms with van der Waals surface area (Å²) in [4.78, 5) is 36.5. The van der Waals surface area contributed by atoms with Crippen LogP contribution in [0.2, 0.25) is 0 Å². The molecule has 2 atom stereocenters. The van der Waals surface area contributed by atoms with Crippen LogP contribution in [0.3, 0.4) is 0 Å². The standard InChI is InChI=1S/C17H14BrNO4.C9H11NO3/c1-23-14-5-3-2-4-12(14)15(17(21)22)19-9-10-6-7-11(18)8-13(10)16(19)20;1-13-7-5-3-2-4-6(7)8(10)9(11)12/h2-8,15H,9H2,1H3,(H,21,22);2-5,8H,10H2,1H3,(H,11,12). The summed E-state index contributed by atoms with van der Waals surface area (Å²) in [5.41, 5.74) is 7.73. The Labute approximate surface area is 216 Å². The third-order valence-corrected chi connectivity index (χ3v) is 6.12. The van der Waals surface area contributed by atoms with E-state index in [1.165, 1.54) is 19.1 Å². The first-order chi connectivity index (χ1) is 17.2. The van der Waals surface area contributed by atoms with E-state index < -0.39 is 24.0 Å². The van der Waals surface area contributed by atoms with Crippen LogP contribution in [0, 0.1) is 0 Å². The molecule has 0 saturated heterocycles. The zero-order valence-corrected chi connectivity index (χ0v) is 21.1. The zero-order valence-electron chi connectivity index (χ0n) is 19.6. The van der Waals surface area contributed by atoms with Gasteiger partial charge in [0.15, 0.2) is 6.04 Å². The Morgan fingerprint density at radius 3 is 2.03 bits per heavy atom. The van der Waals surface area contributed by atoms with E-state index in [-0.39, 0.29) is 12.5 Å². The van der Waals surface area contributed by atoms with Crippen molar-refractivity contribution in [1.29, 1.82) is 0 Å². The fourth-order valence-electron chi connectivity index (χ4n) is 3.89. The van der Waals surface area contributed by atoms with Gasteiger partial charge in [0.05, 0.1) is 14.2 Å². The van der Waals surface area contributed by atoms with Gasteiger partial charge in [-0.1, -0.05) is 58.4 Å². The second kappa shape index (κ2) is 11.7. The molecule has 188 valence electrons. The zero-order chi connectivity index (χ0) is 26.4. The number of carboxylic acids is 2. The summed E-state index contributed by atoms with van der Waals surface area (Å²) in [6.07, 6.45) is 0. The SMILES string of the molecule is COc1ccccc1C(C(=O)O)N1Cc2ccc(Br)cc2C1=O.COc1ccccc1C(N)C(=O)O. The summed E-state index contributed by atoms with van der Waals surface area (Å²) in [7, 11) is 2.96. The minimum Gasteiger partial charge on any atom is -0.496 e. The van der Waals surface area contributed by atoms with E-state index >= 15 is 0 Å². The van der Waals surface area contributed by atoms with Gasteiger partial charge in [-0.15, -0.1) is 0 Å². The number of carboxylic acid groups (broad SMARTS) is 2. The van der Waals surface area contributed by atoms with Gasteiger partial charge >= 0.3 is 11.9 Å². The number of hydrogen-bond acceptors (Lipinski definition) is 6. The largest absolute Gasteiger partial charge is 0.496 e. The van der Waals surface area contributed by atoms with Crippen molar-refractivity contribution >= 4 is 33.8 Å². The number of nitrogens with two attached hydrogens (primary N) is 1. The lowest BCUT2D eigenvalue weighted by Crippen LogP contribution is -2.34. The maximum Gasteiger partial charge on any atom is 0.331 e. The van der Waals surface area contributed by atoms with E-state index in [0.717, 1.165) is 10.0 Å². The minimum atomic E-state index is -1.09. The molecule has 0 radical (unpaired) electrons. The molecule has 1 aliphatic rings. The Morgan fingerprint density at radius 1 is 0.917 bits per heavy atom. The lowest BCUT2D eigenvalue weighted by molar-refractivity contribution is -0.143.